The molecule has 1 atom stereocenters. The average molecular weight is 348 g/mol. The van der Waals surface area contributed by atoms with E-state index in [1.807, 2.05) is 29.2 Å². The molecule has 0 spiro atoms. The van der Waals surface area contributed by atoms with Crippen LogP contribution in [-0.2, 0) is 4.79 Å². The number of hydrogen-bond acceptors (Lipinski definition) is 1. The molecule has 0 bridgehead atoms. The fourth-order valence-corrected chi connectivity index (χ4v) is 3.04. The molecule has 1 heterocycles. The van der Waals surface area contributed by atoms with Crippen LogP contribution in [0.4, 0.5) is 10.1 Å². The second kappa shape index (κ2) is 5.98. The largest absolute Gasteiger partial charge is 0.312 e. The summed E-state index contributed by atoms with van der Waals surface area (Å²) in [5, 5.41) is 0.850. The standard InChI is InChI=1S/C17H15BrFNO/c18-10-12-9-17(21)20(11-12)16-7-3-14(4-8-16)13-1-5-15(19)6-2-13/h1-8,12H,9-11H2. The highest BCUT2D eigenvalue weighted by Crippen LogP contribution is 2.28. The van der Waals surface area contributed by atoms with E-state index in [1.165, 1.54) is 12.1 Å². The molecule has 1 saturated heterocycles. The van der Waals surface area contributed by atoms with Crippen molar-refractivity contribution in [1.29, 1.82) is 0 Å². The molecule has 0 saturated carbocycles. The van der Waals surface area contributed by atoms with E-state index in [1.54, 1.807) is 12.1 Å². The van der Waals surface area contributed by atoms with Crippen LogP contribution in [0.2, 0.25) is 0 Å². The zero-order valence-corrected chi connectivity index (χ0v) is 13.0. The van der Waals surface area contributed by atoms with Crippen LogP contribution in [0, 0.1) is 11.7 Å². The summed E-state index contributed by atoms with van der Waals surface area (Å²) < 4.78 is 12.9. The van der Waals surface area contributed by atoms with Gasteiger partial charge in [-0.25, -0.2) is 4.39 Å². The molecule has 3 rings (SSSR count). The van der Waals surface area contributed by atoms with Crippen molar-refractivity contribution in [3.8, 4) is 11.1 Å². The van der Waals surface area contributed by atoms with Crippen LogP contribution in [0.1, 0.15) is 6.42 Å². The third kappa shape index (κ3) is 3.00. The van der Waals surface area contributed by atoms with E-state index < -0.39 is 0 Å². The first-order chi connectivity index (χ1) is 10.2. The minimum absolute atomic E-state index is 0.175. The quantitative estimate of drug-likeness (QED) is 0.760. The molecule has 1 aliphatic rings. The van der Waals surface area contributed by atoms with Gasteiger partial charge in [0.2, 0.25) is 5.91 Å². The van der Waals surface area contributed by atoms with E-state index >= 15 is 0 Å². The Balaban J connectivity index is 1.81. The zero-order chi connectivity index (χ0) is 14.8. The summed E-state index contributed by atoms with van der Waals surface area (Å²) in [5.74, 6) is 0.321. The van der Waals surface area contributed by atoms with Gasteiger partial charge in [0.1, 0.15) is 5.82 Å². The normalized spacial score (nSPS) is 18.3. The molecule has 2 nitrogen and oxygen atoms in total. The van der Waals surface area contributed by atoms with Gasteiger partial charge in [-0.15, -0.1) is 0 Å². The number of hydrogen-bond donors (Lipinski definition) is 0. The number of halogens is 2. The Kier molecular flexibility index (Phi) is 4.06. The molecule has 2 aromatic carbocycles. The predicted molar refractivity (Wildman–Crippen MR) is 86.1 cm³/mol. The highest BCUT2D eigenvalue weighted by Gasteiger charge is 2.29. The van der Waals surface area contributed by atoms with E-state index in [-0.39, 0.29) is 11.7 Å². The van der Waals surface area contributed by atoms with Crippen LogP contribution in [0.15, 0.2) is 48.5 Å². The highest BCUT2D eigenvalue weighted by atomic mass is 79.9. The van der Waals surface area contributed by atoms with Crippen LogP contribution in [0.3, 0.4) is 0 Å². The number of alkyl halides is 1. The van der Waals surface area contributed by atoms with Crippen LogP contribution in [0.25, 0.3) is 11.1 Å². The molecule has 0 N–H and O–H groups in total. The number of carbonyl (C=O) groups excluding carboxylic acids is 1. The van der Waals surface area contributed by atoms with Gasteiger partial charge in [-0.1, -0.05) is 40.2 Å². The lowest BCUT2D eigenvalue weighted by Gasteiger charge is -2.17. The number of carbonyl (C=O) groups is 1. The van der Waals surface area contributed by atoms with Crippen molar-refractivity contribution in [3.63, 3.8) is 0 Å². The van der Waals surface area contributed by atoms with E-state index in [2.05, 4.69) is 15.9 Å². The number of rotatable bonds is 3. The van der Waals surface area contributed by atoms with E-state index in [0.717, 1.165) is 28.7 Å². The second-order valence-electron chi connectivity index (χ2n) is 5.28. The summed E-state index contributed by atoms with van der Waals surface area (Å²) in [4.78, 5) is 13.8. The molecule has 4 heteroatoms. The Hall–Kier alpha value is -1.68. The third-order valence-electron chi connectivity index (χ3n) is 3.78. The summed E-state index contributed by atoms with van der Waals surface area (Å²) in [5.41, 5.74) is 2.91. The maximum atomic E-state index is 12.9. The van der Waals surface area contributed by atoms with Gasteiger partial charge in [-0.3, -0.25) is 4.79 Å². The lowest BCUT2D eigenvalue weighted by Crippen LogP contribution is -2.24. The van der Waals surface area contributed by atoms with Gasteiger partial charge in [-0.2, -0.15) is 0 Å². The highest BCUT2D eigenvalue weighted by molar-refractivity contribution is 9.09. The lowest BCUT2D eigenvalue weighted by molar-refractivity contribution is -0.117. The summed E-state index contributed by atoms with van der Waals surface area (Å²) >= 11 is 3.44. The van der Waals surface area contributed by atoms with Gasteiger partial charge in [-0.05, 0) is 41.3 Å². The fourth-order valence-electron chi connectivity index (χ4n) is 2.61. The molecule has 108 valence electrons. The molecule has 0 aromatic heterocycles. The van der Waals surface area contributed by atoms with E-state index in [9.17, 15) is 9.18 Å². The minimum Gasteiger partial charge on any atom is -0.312 e. The monoisotopic (exact) mass is 347 g/mol. The van der Waals surface area contributed by atoms with Gasteiger partial charge < -0.3 is 4.90 Å². The summed E-state index contributed by atoms with van der Waals surface area (Å²) in [6.45, 7) is 0.764. The molecule has 1 unspecified atom stereocenters. The Bertz CT molecular complexity index is 639. The summed E-state index contributed by atoms with van der Waals surface area (Å²) in [6.07, 6.45) is 0.602. The maximum absolute atomic E-state index is 12.9. The van der Waals surface area contributed by atoms with Crippen LogP contribution < -0.4 is 4.90 Å². The van der Waals surface area contributed by atoms with Crippen molar-refractivity contribution in [2.75, 3.05) is 16.8 Å². The van der Waals surface area contributed by atoms with Crippen LogP contribution in [0.5, 0.6) is 0 Å². The smallest absolute Gasteiger partial charge is 0.227 e. The Labute approximate surface area is 131 Å². The first-order valence-corrected chi connectivity index (χ1v) is 8.02. The number of amides is 1. The molecule has 0 radical (unpaired) electrons. The van der Waals surface area contributed by atoms with Crippen molar-refractivity contribution >= 4 is 27.5 Å². The topological polar surface area (TPSA) is 20.3 Å². The van der Waals surface area contributed by atoms with Crippen molar-refractivity contribution in [1.82, 2.24) is 0 Å². The Morgan fingerprint density at radius 2 is 1.62 bits per heavy atom. The first-order valence-electron chi connectivity index (χ1n) is 6.89. The second-order valence-corrected chi connectivity index (χ2v) is 5.93. The number of nitrogens with zero attached hydrogens (tertiary/aromatic N) is 1. The van der Waals surface area contributed by atoms with Crippen LogP contribution >= 0.6 is 15.9 Å². The molecule has 0 aliphatic carbocycles. The van der Waals surface area contributed by atoms with Gasteiger partial charge in [0, 0.05) is 24.0 Å². The average Bonchev–Trinajstić information content (AvgIpc) is 2.89. The van der Waals surface area contributed by atoms with Crippen LogP contribution in [-0.4, -0.2) is 17.8 Å². The van der Waals surface area contributed by atoms with Crippen molar-refractivity contribution in [2.24, 2.45) is 5.92 Å². The Morgan fingerprint density at radius 1 is 1.05 bits per heavy atom. The third-order valence-corrected chi connectivity index (χ3v) is 4.70. The molecule has 21 heavy (non-hydrogen) atoms. The van der Waals surface area contributed by atoms with Crippen molar-refractivity contribution in [2.45, 2.75) is 6.42 Å². The number of anilines is 1. The van der Waals surface area contributed by atoms with Gasteiger partial charge in [0.25, 0.3) is 0 Å². The molecule has 1 fully saturated rings. The zero-order valence-electron chi connectivity index (χ0n) is 11.4. The van der Waals surface area contributed by atoms with Crippen molar-refractivity contribution < 1.29 is 9.18 Å². The number of benzene rings is 2. The van der Waals surface area contributed by atoms with E-state index in [4.69, 9.17) is 0 Å². The predicted octanol–water partition coefficient (Wildman–Crippen LogP) is 4.24. The van der Waals surface area contributed by atoms with Gasteiger partial charge >= 0.3 is 0 Å². The molecular formula is C17H15BrFNO. The van der Waals surface area contributed by atoms with Gasteiger partial charge in [0.05, 0.1) is 0 Å². The summed E-state index contributed by atoms with van der Waals surface area (Å²) in [6, 6.07) is 14.3. The molecule has 1 amide bonds. The van der Waals surface area contributed by atoms with E-state index in [0.29, 0.717) is 12.3 Å². The minimum atomic E-state index is -0.237. The summed E-state index contributed by atoms with van der Waals surface area (Å²) in [7, 11) is 0. The fraction of sp³-hybridized carbons (Fsp3) is 0.235. The van der Waals surface area contributed by atoms with Gasteiger partial charge in [0.15, 0.2) is 0 Å². The lowest BCUT2D eigenvalue weighted by atomic mass is 10.1. The molecule has 1 aliphatic heterocycles. The van der Waals surface area contributed by atoms with Crippen molar-refractivity contribution in [3.05, 3.63) is 54.3 Å². The molecular weight excluding hydrogens is 333 g/mol. The SMILES string of the molecule is O=C1CC(CBr)CN1c1ccc(-c2ccc(F)cc2)cc1. The first kappa shape index (κ1) is 14.3. The maximum Gasteiger partial charge on any atom is 0.227 e. The Morgan fingerprint density at radius 3 is 2.14 bits per heavy atom. The molecule has 2 aromatic rings.